The number of hydrogen-bond acceptors (Lipinski definition) is 6. The van der Waals surface area contributed by atoms with Crippen molar-refractivity contribution in [3.05, 3.63) is 48.0 Å². The van der Waals surface area contributed by atoms with Crippen LogP contribution in [0.2, 0.25) is 0 Å². The highest BCUT2D eigenvalue weighted by Crippen LogP contribution is 2.49. The van der Waals surface area contributed by atoms with Crippen LogP contribution >= 0.6 is 83.8 Å². The number of β-amino-alcohol motifs (C(OH)–C–C–N with tert-alkyl or cyclic N) is 1. The van der Waals surface area contributed by atoms with E-state index in [1.165, 1.54) is 23.9 Å². The van der Waals surface area contributed by atoms with E-state index in [1.54, 1.807) is 6.07 Å². The van der Waals surface area contributed by atoms with Crippen molar-refractivity contribution in [2.75, 3.05) is 94.6 Å². The van der Waals surface area contributed by atoms with Gasteiger partial charge in [-0.25, -0.2) is 0 Å². The number of fused-ring (bicyclic) bond motifs is 2. The van der Waals surface area contributed by atoms with E-state index in [0.29, 0.717) is 36.4 Å². The predicted octanol–water partition coefficient (Wildman–Crippen LogP) is 7.58. The molecular formula is C28H41Cl6F3N4OS. The molecule has 2 aliphatic rings. The maximum Gasteiger partial charge on any atom is 0.416 e. The van der Waals surface area contributed by atoms with Crippen LogP contribution < -0.4 is 4.90 Å². The Balaban J connectivity index is 0.00000118. The molecule has 43 heavy (non-hydrogen) atoms. The molecule has 0 aliphatic carbocycles. The normalized spacial score (nSPS) is 14.8. The van der Waals surface area contributed by atoms with Gasteiger partial charge in [0.15, 0.2) is 0 Å². The predicted molar refractivity (Wildman–Crippen MR) is 184 cm³/mol. The third kappa shape index (κ3) is 13.7. The quantitative estimate of drug-likeness (QED) is 0.226. The molecule has 2 aromatic rings. The Hall–Kier alpha value is -0.0400. The van der Waals surface area contributed by atoms with E-state index in [2.05, 4.69) is 14.7 Å². The van der Waals surface area contributed by atoms with Gasteiger partial charge in [0, 0.05) is 86.3 Å². The first kappa shape index (κ1) is 43.0. The molecule has 0 amide bonds. The fourth-order valence-corrected chi connectivity index (χ4v) is 6.56. The number of para-hydroxylation sites is 1. The van der Waals surface area contributed by atoms with Crippen molar-refractivity contribution < 1.29 is 18.3 Å². The van der Waals surface area contributed by atoms with Gasteiger partial charge in [-0.05, 0) is 43.3 Å². The summed E-state index contributed by atoms with van der Waals surface area (Å²) in [5, 5.41) is 9.07. The van der Waals surface area contributed by atoms with Crippen molar-refractivity contribution >= 4 is 95.2 Å². The summed E-state index contributed by atoms with van der Waals surface area (Å²) in [4.78, 5) is 10.8. The lowest BCUT2D eigenvalue weighted by Gasteiger charge is -2.36. The Labute approximate surface area is 291 Å². The third-order valence-electron chi connectivity index (χ3n) is 6.89. The standard InChI is InChI=1S/C22H26F3N3OS.C6H12Cl3N.3ClH/c23-22(24,25)17-6-7-21-19(16-17)28(18-4-1-2-5-20(18)30-21)9-3-8-26-10-12-27(13-11-26)14-15-29;7-1-4-10(5-2-8)6-3-9;;;/h1-2,4-7,16,29H,3,8-15H2;1-6H2;3*1H. The fraction of sp³-hybridized carbons (Fsp3) is 0.571. The van der Waals surface area contributed by atoms with E-state index in [1.807, 2.05) is 29.2 Å². The van der Waals surface area contributed by atoms with Gasteiger partial charge in [0.1, 0.15) is 0 Å². The number of anilines is 2. The van der Waals surface area contributed by atoms with Gasteiger partial charge in [-0.2, -0.15) is 13.2 Å². The first-order chi connectivity index (χ1) is 19.3. The summed E-state index contributed by atoms with van der Waals surface area (Å²) < 4.78 is 39.9. The molecule has 0 saturated carbocycles. The zero-order valence-corrected chi connectivity index (χ0v) is 29.3. The summed E-state index contributed by atoms with van der Waals surface area (Å²) >= 11 is 18.1. The van der Waals surface area contributed by atoms with Crippen LogP contribution in [0.25, 0.3) is 0 Å². The lowest BCUT2D eigenvalue weighted by atomic mass is 10.1. The number of piperazine rings is 1. The van der Waals surface area contributed by atoms with Crippen LogP contribution in [-0.2, 0) is 6.18 Å². The van der Waals surface area contributed by atoms with Gasteiger partial charge < -0.3 is 14.9 Å². The van der Waals surface area contributed by atoms with Crippen LogP contribution in [0.1, 0.15) is 12.0 Å². The average molecular weight is 751 g/mol. The monoisotopic (exact) mass is 748 g/mol. The van der Waals surface area contributed by atoms with Gasteiger partial charge in [-0.3, -0.25) is 9.80 Å². The summed E-state index contributed by atoms with van der Waals surface area (Å²) in [6, 6.07) is 11.9. The van der Waals surface area contributed by atoms with Gasteiger partial charge in [0.25, 0.3) is 0 Å². The summed E-state index contributed by atoms with van der Waals surface area (Å²) in [7, 11) is 0. The molecule has 2 aliphatic heterocycles. The topological polar surface area (TPSA) is 33.2 Å². The van der Waals surface area contributed by atoms with Crippen molar-refractivity contribution in [1.82, 2.24) is 14.7 Å². The molecule has 1 N–H and O–H groups in total. The minimum atomic E-state index is -4.35. The molecule has 0 unspecified atom stereocenters. The smallest absolute Gasteiger partial charge is 0.395 e. The van der Waals surface area contributed by atoms with Gasteiger partial charge in [-0.15, -0.1) is 72.0 Å². The van der Waals surface area contributed by atoms with Gasteiger partial charge in [-0.1, -0.05) is 23.9 Å². The first-order valence-corrected chi connectivity index (χ1v) is 15.9. The number of benzene rings is 2. The lowest BCUT2D eigenvalue weighted by molar-refractivity contribution is -0.137. The van der Waals surface area contributed by atoms with Crippen molar-refractivity contribution in [1.29, 1.82) is 0 Å². The van der Waals surface area contributed by atoms with Gasteiger partial charge >= 0.3 is 6.18 Å². The Kier molecular flexibility index (Phi) is 22.5. The minimum absolute atomic E-state index is 0. The number of aliphatic hydroxyl groups excluding tert-OH is 1. The lowest BCUT2D eigenvalue weighted by Crippen LogP contribution is -2.47. The van der Waals surface area contributed by atoms with E-state index in [0.717, 1.165) is 74.3 Å². The molecular weight excluding hydrogens is 710 g/mol. The van der Waals surface area contributed by atoms with E-state index in [4.69, 9.17) is 39.9 Å². The molecule has 2 heterocycles. The Bertz CT molecular complexity index is 1020. The van der Waals surface area contributed by atoms with Crippen LogP contribution in [-0.4, -0.2) is 110 Å². The van der Waals surface area contributed by atoms with Crippen molar-refractivity contribution in [2.45, 2.75) is 22.4 Å². The number of hydrogen-bond donors (Lipinski definition) is 1. The zero-order chi connectivity index (χ0) is 29.0. The number of nitrogens with zero attached hydrogens (tertiary/aromatic N) is 4. The largest absolute Gasteiger partial charge is 0.416 e. The Morgan fingerprint density at radius 2 is 1.28 bits per heavy atom. The SMILES string of the molecule is Cl.Cl.Cl.ClCCN(CCCl)CCCl.OCCN1CCN(CCCN2c3ccccc3Sc3ccc(C(F)(F)F)cc32)CC1. The molecule has 1 fully saturated rings. The highest BCUT2D eigenvalue weighted by atomic mass is 35.5. The molecule has 0 atom stereocenters. The third-order valence-corrected chi connectivity index (χ3v) is 8.53. The second kappa shape index (κ2) is 22.5. The molecule has 4 rings (SSSR count). The second-order valence-corrected chi connectivity index (χ2v) is 11.8. The zero-order valence-electron chi connectivity index (χ0n) is 23.8. The molecule has 0 radical (unpaired) electrons. The van der Waals surface area contributed by atoms with Crippen molar-refractivity contribution in [2.24, 2.45) is 0 Å². The number of rotatable bonds is 12. The Morgan fingerprint density at radius 3 is 1.81 bits per heavy atom. The van der Waals surface area contributed by atoms with Crippen molar-refractivity contribution in [3.8, 4) is 0 Å². The molecule has 2 aromatic carbocycles. The summed E-state index contributed by atoms with van der Waals surface area (Å²) in [5.74, 6) is 1.94. The minimum Gasteiger partial charge on any atom is -0.395 e. The summed E-state index contributed by atoms with van der Waals surface area (Å²) in [5.41, 5.74) is 1.01. The molecule has 15 heteroatoms. The van der Waals surface area contributed by atoms with Crippen LogP contribution in [0.15, 0.2) is 52.3 Å². The Morgan fingerprint density at radius 1 is 0.744 bits per heavy atom. The molecule has 0 bridgehead atoms. The molecule has 5 nitrogen and oxygen atoms in total. The number of aliphatic hydroxyl groups is 1. The molecule has 1 saturated heterocycles. The van der Waals surface area contributed by atoms with Gasteiger partial charge in [0.2, 0.25) is 0 Å². The number of alkyl halides is 6. The number of halogens is 9. The van der Waals surface area contributed by atoms with Crippen LogP contribution in [0.5, 0.6) is 0 Å². The maximum absolute atomic E-state index is 13.3. The van der Waals surface area contributed by atoms with Crippen molar-refractivity contribution in [3.63, 3.8) is 0 Å². The highest BCUT2D eigenvalue weighted by molar-refractivity contribution is 7.99. The molecule has 0 spiro atoms. The van der Waals surface area contributed by atoms with E-state index in [-0.39, 0.29) is 43.8 Å². The average Bonchev–Trinajstić information content (AvgIpc) is 2.94. The van der Waals surface area contributed by atoms with E-state index < -0.39 is 11.7 Å². The second-order valence-electron chi connectivity index (χ2n) is 9.57. The highest BCUT2D eigenvalue weighted by Gasteiger charge is 2.33. The molecule has 248 valence electrons. The maximum atomic E-state index is 13.3. The van der Waals surface area contributed by atoms with Crippen LogP contribution in [0.3, 0.4) is 0 Å². The van der Waals surface area contributed by atoms with Gasteiger partial charge in [0.05, 0.1) is 23.5 Å². The van der Waals surface area contributed by atoms with E-state index in [9.17, 15) is 13.2 Å². The van der Waals surface area contributed by atoms with Crippen LogP contribution in [0.4, 0.5) is 24.5 Å². The fourth-order valence-electron chi connectivity index (χ4n) is 4.77. The molecule has 0 aromatic heterocycles. The first-order valence-electron chi connectivity index (χ1n) is 13.5. The van der Waals surface area contributed by atoms with E-state index >= 15 is 0 Å². The summed E-state index contributed by atoms with van der Waals surface area (Å²) in [6.45, 7) is 8.92. The van der Waals surface area contributed by atoms with Crippen LogP contribution in [0, 0.1) is 0 Å². The summed E-state index contributed by atoms with van der Waals surface area (Å²) in [6.07, 6.45) is -3.48.